The third-order valence-electron chi connectivity index (χ3n) is 2.63. The third-order valence-corrected chi connectivity index (χ3v) is 3.52. The summed E-state index contributed by atoms with van der Waals surface area (Å²) < 4.78 is 0. The van der Waals surface area contributed by atoms with Crippen molar-refractivity contribution in [3.05, 3.63) is 15.6 Å². The first-order valence-electron chi connectivity index (χ1n) is 4.94. The summed E-state index contributed by atoms with van der Waals surface area (Å²) in [5.74, 6) is -1.35. The van der Waals surface area contributed by atoms with Gasteiger partial charge in [0.25, 0.3) is 5.91 Å². The van der Waals surface area contributed by atoms with E-state index < -0.39 is 11.5 Å². The molecule has 2 N–H and O–H groups in total. The van der Waals surface area contributed by atoms with E-state index in [1.807, 2.05) is 6.92 Å². The van der Waals surface area contributed by atoms with E-state index in [0.717, 1.165) is 9.88 Å². The molecule has 16 heavy (non-hydrogen) atoms. The van der Waals surface area contributed by atoms with Gasteiger partial charge in [-0.05, 0) is 26.7 Å². The Morgan fingerprint density at radius 2 is 2.06 bits per heavy atom. The highest BCUT2D eigenvalue weighted by Gasteiger charge is 2.52. The molecule has 0 unspecified atom stereocenters. The van der Waals surface area contributed by atoms with E-state index >= 15 is 0 Å². The maximum absolute atomic E-state index is 11.8. The van der Waals surface area contributed by atoms with Crippen molar-refractivity contribution in [2.24, 2.45) is 0 Å². The monoisotopic (exact) mass is 240 g/mol. The lowest BCUT2D eigenvalue weighted by atomic mass is 10.2. The second-order valence-corrected chi connectivity index (χ2v) is 5.39. The first-order chi connectivity index (χ1) is 7.44. The standard InChI is InChI=1S/C10H12N2O3S/c1-5-7(11-6(2)16-5)8(13)12-10(3-4-10)9(14)15/h3-4H2,1-2H3,(H,12,13)(H,14,15). The Labute approximate surface area is 96.5 Å². The van der Waals surface area contributed by atoms with E-state index in [1.165, 1.54) is 11.3 Å². The quantitative estimate of drug-likeness (QED) is 0.829. The lowest BCUT2D eigenvalue weighted by molar-refractivity contribution is -0.140. The highest BCUT2D eigenvalue weighted by molar-refractivity contribution is 7.11. The SMILES string of the molecule is Cc1nc(C(=O)NC2(C(=O)O)CC2)c(C)s1. The van der Waals surface area contributed by atoms with Crippen LogP contribution in [-0.4, -0.2) is 27.5 Å². The number of carboxylic acids is 1. The summed E-state index contributed by atoms with van der Waals surface area (Å²) in [6, 6.07) is 0. The molecule has 0 aliphatic heterocycles. The van der Waals surface area contributed by atoms with Gasteiger partial charge in [-0.2, -0.15) is 0 Å². The fourth-order valence-electron chi connectivity index (χ4n) is 1.53. The van der Waals surface area contributed by atoms with Gasteiger partial charge in [0.15, 0.2) is 0 Å². The predicted octanol–water partition coefficient (Wildman–Crippen LogP) is 1.11. The Hall–Kier alpha value is -1.43. The Kier molecular flexibility index (Phi) is 2.46. The highest BCUT2D eigenvalue weighted by Crippen LogP contribution is 2.36. The fraction of sp³-hybridized carbons (Fsp3) is 0.500. The van der Waals surface area contributed by atoms with Gasteiger partial charge in [0, 0.05) is 4.88 Å². The lowest BCUT2D eigenvalue weighted by Crippen LogP contribution is -2.43. The maximum atomic E-state index is 11.8. The van der Waals surface area contributed by atoms with Crippen LogP contribution < -0.4 is 5.32 Å². The van der Waals surface area contributed by atoms with E-state index in [2.05, 4.69) is 10.3 Å². The van der Waals surface area contributed by atoms with Crippen molar-refractivity contribution in [1.82, 2.24) is 10.3 Å². The van der Waals surface area contributed by atoms with Crippen molar-refractivity contribution < 1.29 is 14.7 Å². The number of aromatic nitrogens is 1. The van der Waals surface area contributed by atoms with Crippen LogP contribution in [0.15, 0.2) is 0 Å². The molecule has 1 aromatic rings. The number of nitrogens with zero attached hydrogens (tertiary/aromatic N) is 1. The van der Waals surface area contributed by atoms with E-state index in [1.54, 1.807) is 6.92 Å². The average Bonchev–Trinajstić information content (AvgIpc) is 2.87. The molecule has 0 saturated heterocycles. The van der Waals surface area contributed by atoms with Crippen LogP contribution in [0.25, 0.3) is 0 Å². The molecular weight excluding hydrogens is 228 g/mol. The second-order valence-electron chi connectivity index (χ2n) is 3.98. The number of nitrogens with one attached hydrogen (secondary N) is 1. The van der Waals surface area contributed by atoms with Crippen molar-refractivity contribution in [3.63, 3.8) is 0 Å². The van der Waals surface area contributed by atoms with Crippen LogP contribution in [0.5, 0.6) is 0 Å². The number of amides is 1. The molecule has 0 bridgehead atoms. The van der Waals surface area contributed by atoms with Gasteiger partial charge >= 0.3 is 5.97 Å². The Morgan fingerprint density at radius 1 is 1.44 bits per heavy atom. The van der Waals surface area contributed by atoms with Crippen LogP contribution >= 0.6 is 11.3 Å². The van der Waals surface area contributed by atoms with Crippen LogP contribution in [0, 0.1) is 13.8 Å². The van der Waals surface area contributed by atoms with Gasteiger partial charge < -0.3 is 10.4 Å². The lowest BCUT2D eigenvalue weighted by Gasteiger charge is -2.11. The third kappa shape index (κ3) is 1.80. The van der Waals surface area contributed by atoms with Gasteiger partial charge in [-0.3, -0.25) is 4.79 Å². The van der Waals surface area contributed by atoms with Crippen molar-refractivity contribution in [3.8, 4) is 0 Å². The molecule has 1 heterocycles. The number of thiazole rings is 1. The maximum Gasteiger partial charge on any atom is 0.329 e. The molecule has 1 aromatic heterocycles. The molecule has 1 aliphatic rings. The summed E-state index contributed by atoms with van der Waals surface area (Å²) in [5.41, 5.74) is -0.698. The number of carbonyl (C=O) groups excluding carboxylic acids is 1. The number of aliphatic carboxylic acids is 1. The molecule has 0 atom stereocenters. The van der Waals surface area contributed by atoms with Gasteiger partial charge in [0.05, 0.1) is 5.01 Å². The smallest absolute Gasteiger partial charge is 0.329 e. The number of hydrogen-bond donors (Lipinski definition) is 2. The van der Waals surface area contributed by atoms with E-state index in [9.17, 15) is 9.59 Å². The van der Waals surface area contributed by atoms with Gasteiger partial charge in [-0.15, -0.1) is 11.3 Å². The molecule has 6 heteroatoms. The molecule has 1 fully saturated rings. The molecular formula is C10H12N2O3S. The average molecular weight is 240 g/mol. The number of carboxylic acid groups (broad SMARTS) is 1. The van der Waals surface area contributed by atoms with Gasteiger partial charge in [-0.1, -0.05) is 0 Å². The normalized spacial score (nSPS) is 16.9. The molecule has 0 aromatic carbocycles. The van der Waals surface area contributed by atoms with Crippen LogP contribution in [0.2, 0.25) is 0 Å². The number of carbonyl (C=O) groups is 2. The van der Waals surface area contributed by atoms with Gasteiger partial charge in [0.2, 0.25) is 0 Å². The zero-order chi connectivity index (χ0) is 11.9. The molecule has 0 radical (unpaired) electrons. The zero-order valence-corrected chi connectivity index (χ0v) is 9.85. The van der Waals surface area contributed by atoms with E-state index in [4.69, 9.17) is 5.11 Å². The molecule has 1 amide bonds. The topological polar surface area (TPSA) is 79.3 Å². The van der Waals surface area contributed by atoms with Crippen molar-refractivity contribution in [1.29, 1.82) is 0 Å². The largest absolute Gasteiger partial charge is 0.480 e. The number of hydrogen-bond acceptors (Lipinski definition) is 4. The summed E-state index contributed by atoms with van der Waals surface area (Å²) in [5, 5.41) is 12.3. The minimum absolute atomic E-state index is 0.343. The van der Waals surface area contributed by atoms with E-state index in [0.29, 0.717) is 18.5 Å². The molecule has 0 spiro atoms. The second kappa shape index (κ2) is 3.55. The zero-order valence-electron chi connectivity index (χ0n) is 9.03. The fourth-order valence-corrected chi connectivity index (χ4v) is 2.35. The molecule has 2 rings (SSSR count). The molecule has 5 nitrogen and oxygen atoms in total. The first-order valence-corrected chi connectivity index (χ1v) is 5.76. The molecule has 86 valence electrons. The summed E-state index contributed by atoms with van der Waals surface area (Å²) >= 11 is 1.43. The van der Waals surface area contributed by atoms with E-state index in [-0.39, 0.29) is 5.91 Å². The highest BCUT2D eigenvalue weighted by atomic mass is 32.1. The number of rotatable bonds is 3. The molecule has 1 aliphatic carbocycles. The Balaban J connectivity index is 2.15. The first kappa shape index (κ1) is 11.1. The summed E-state index contributed by atoms with van der Waals surface area (Å²) in [6.07, 6.45) is 0.993. The Morgan fingerprint density at radius 3 is 2.44 bits per heavy atom. The van der Waals surface area contributed by atoms with Crippen molar-refractivity contribution in [2.75, 3.05) is 0 Å². The summed E-state index contributed by atoms with van der Waals surface area (Å²) in [4.78, 5) is 27.6. The molecule has 1 saturated carbocycles. The van der Waals surface area contributed by atoms with Crippen molar-refractivity contribution >= 4 is 23.2 Å². The van der Waals surface area contributed by atoms with Crippen molar-refractivity contribution in [2.45, 2.75) is 32.2 Å². The van der Waals surface area contributed by atoms with Gasteiger partial charge in [-0.25, -0.2) is 9.78 Å². The minimum atomic E-state index is -1.04. The summed E-state index contributed by atoms with van der Waals surface area (Å²) in [6.45, 7) is 3.62. The van der Waals surface area contributed by atoms with Crippen LogP contribution in [0.4, 0.5) is 0 Å². The predicted molar refractivity (Wildman–Crippen MR) is 58.7 cm³/mol. The van der Waals surface area contributed by atoms with Gasteiger partial charge in [0.1, 0.15) is 11.2 Å². The number of aryl methyl sites for hydroxylation is 2. The van der Waals surface area contributed by atoms with Crippen LogP contribution in [0.1, 0.15) is 33.2 Å². The van der Waals surface area contributed by atoms with Crippen LogP contribution in [-0.2, 0) is 4.79 Å². The summed E-state index contributed by atoms with van der Waals surface area (Å²) in [7, 11) is 0. The van der Waals surface area contributed by atoms with Crippen LogP contribution in [0.3, 0.4) is 0 Å². The minimum Gasteiger partial charge on any atom is -0.480 e. The Bertz CT molecular complexity index is 463.